The Labute approximate surface area is 122 Å². The largest absolute Gasteiger partial charge is 0.327 e. The van der Waals surface area contributed by atoms with Gasteiger partial charge in [0.2, 0.25) is 0 Å². The van der Waals surface area contributed by atoms with Crippen molar-refractivity contribution < 1.29 is 0 Å². The first-order valence-corrected chi connectivity index (χ1v) is 7.40. The van der Waals surface area contributed by atoms with Crippen molar-refractivity contribution in [2.24, 2.45) is 5.73 Å². The summed E-state index contributed by atoms with van der Waals surface area (Å²) in [6, 6.07) is 9.69. The Morgan fingerprint density at radius 1 is 1.30 bits per heavy atom. The summed E-state index contributed by atoms with van der Waals surface area (Å²) in [6.07, 6.45) is 0. The van der Waals surface area contributed by atoms with E-state index in [2.05, 4.69) is 35.1 Å². The molecular formula is C15H19N3OS. The number of hydrogen-bond donors (Lipinski definition) is 2. The summed E-state index contributed by atoms with van der Waals surface area (Å²) < 4.78 is 0. The fraction of sp³-hybridized carbons (Fsp3) is 0.333. The third-order valence-electron chi connectivity index (χ3n) is 2.93. The molecule has 0 saturated heterocycles. The first-order chi connectivity index (χ1) is 9.45. The topological polar surface area (TPSA) is 71.8 Å². The van der Waals surface area contributed by atoms with Gasteiger partial charge >= 0.3 is 0 Å². The van der Waals surface area contributed by atoms with Crippen molar-refractivity contribution in [1.29, 1.82) is 0 Å². The monoisotopic (exact) mass is 289 g/mol. The lowest BCUT2D eigenvalue weighted by atomic mass is 10.0. The summed E-state index contributed by atoms with van der Waals surface area (Å²) in [5.74, 6) is 0. The molecule has 0 saturated carbocycles. The smallest absolute Gasteiger partial charge is 0.251 e. The molecule has 0 amide bonds. The van der Waals surface area contributed by atoms with Gasteiger partial charge in [0.15, 0.2) is 5.16 Å². The normalized spacial score (nSPS) is 14.0. The van der Waals surface area contributed by atoms with Crippen LogP contribution < -0.4 is 11.3 Å². The third-order valence-corrected chi connectivity index (χ3v) is 4.31. The van der Waals surface area contributed by atoms with Gasteiger partial charge < -0.3 is 10.7 Å². The number of benzene rings is 1. The van der Waals surface area contributed by atoms with Crippen LogP contribution in [0.4, 0.5) is 0 Å². The summed E-state index contributed by atoms with van der Waals surface area (Å²) in [5, 5.41) is 0.665. The molecule has 2 atom stereocenters. The number of hydrogen-bond acceptors (Lipinski definition) is 4. The Morgan fingerprint density at radius 3 is 2.65 bits per heavy atom. The van der Waals surface area contributed by atoms with Gasteiger partial charge in [0.1, 0.15) is 0 Å². The molecule has 2 aromatic rings. The van der Waals surface area contributed by atoms with Crippen LogP contribution in [-0.4, -0.2) is 16.0 Å². The zero-order valence-electron chi connectivity index (χ0n) is 11.9. The van der Waals surface area contributed by atoms with Crippen LogP contribution in [0.1, 0.15) is 29.0 Å². The maximum absolute atomic E-state index is 11.5. The third kappa shape index (κ3) is 3.71. The molecule has 0 aliphatic carbocycles. The molecule has 2 rings (SSSR count). The molecule has 4 nitrogen and oxygen atoms in total. The highest BCUT2D eigenvalue weighted by Crippen LogP contribution is 2.35. The molecule has 0 fully saturated rings. The quantitative estimate of drug-likeness (QED) is 0.670. The Hall–Kier alpha value is -1.59. The van der Waals surface area contributed by atoms with Gasteiger partial charge in [0, 0.05) is 17.8 Å². The zero-order valence-corrected chi connectivity index (χ0v) is 12.7. The predicted molar refractivity (Wildman–Crippen MR) is 83.0 cm³/mol. The van der Waals surface area contributed by atoms with Crippen molar-refractivity contribution in [3.05, 3.63) is 57.5 Å². The van der Waals surface area contributed by atoms with Gasteiger partial charge in [-0.1, -0.05) is 41.6 Å². The second-order valence-corrected chi connectivity index (χ2v) is 6.13. The Bertz CT molecular complexity index is 652. The van der Waals surface area contributed by atoms with E-state index in [-0.39, 0.29) is 16.9 Å². The minimum Gasteiger partial charge on any atom is -0.327 e. The average Bonchev–Trinajstić information content (AvgIpc) is 2.34. The van der Waals surface area contributed by atoms with Gasteiger partial charge in [-0.3, -0.25) is 4.79 Å². The SMILES string of the molecule is Cc1cccc(C(Sc2nc(C)cc(=O)[nH]2)C(C)N)c1. The van der Waals surface area contributed by atoms with Crippen LogP contribution in [0.2, 0.25) is 0 Å². The molecule has 2 unspecified atom stereocenters. The Morgan fingerprint density at radius 2 is 2.05 bits per heavy atom. The number of nitrogens with one attached hydrogen (secondary N) is 1. The molecular weight excluding hydrogens is 270 g/mol. The van der Waals surface area contributed by atoms with Gasteiger partial charge in [0.25, 0.3) is 5.56 Å². The van der Waals surface area contributed by atoms with Crippen molar-refractivity contribution in [1.82, 2.24) is 9.97 Å². The number of H-pyrrole nitrogens is 1. The molecule has 1 heterocycles. The van der Waals surface area contributed by atoms with Crippen molar-refractivity contribution in [3.8, 4) is 0 Å². The van der Waals surface area contributed by atoms with Crippen molar-refractivity contribution in [3.63, 3.8) is 0 Å². The molecule has 3 N–H and O–H groups in total. The van der Waals surface area contributed by atoms with E-state index >= 15 is 0 Å². The van der Waals surface area contributed by atoms with E-state index in [0.717, 1.165) is 5.56 Å². The van der Waals surface area contributed by atoms with Crippen LogP contribution >= 0.6 is 11.8 Å². The van der Waals surface area contributed by atoms with E-state index in [1.807, 2.05) is 19.9 Å². The van der Waals surface area contributed by atoms with Crippen molar-refractivity contribution >= 4 is 11.8 Å². The van der Waals surface area contributed by atoms with Crippen molar-refractivity contribution in [2.45, 2.75) is 37.2 Å². The molecule has 1 aromatic heterocycles. The molecule has 20 heavy (non-hydrogen) atoms. The first-order valence-electron chi connectivity index (χ1n) is 6.52. The Kier molecular flexibility index (Phi) is 4.62. The van der Waals surface area contributed by atoms with Gasteiger partial charge in [-0.05, 0) is 26.3 Å². The summed E-state index contributed by atoms with van der Waals surface area (Å²) in [5.41, 5.74) is 9.02. The molecule has 0 spiro atoms. The predicted octanol–water partition coefficient (Wildman–Crippen LogP) is 2.57. The molecule has 0 aliphatic rings. The lowest BCUT2D eigenvalue weighted by molar-refractivity contribution is 0.716. The lowest BCUT2D eigenvalue weighted by Gasteiger charge is -2.20. The van der Waals surface area contributed by atoms with E-state index in [4.69, 9.17) is 5.73 Å². The zero-order chi connectivity index (χ0) is 14.7. The maximum Gasteiger partial charge on any atom is 0.251 e. The van der Waals surface area contributed by atoms with E-state index in [0.29, 0.717) is 10.9 Å². The highest BCUT2D eigenvalue weighted by atomic mass is 32.2. The molecule has 1 aromatic carbocycles. The maximum atomic E-state index is 11.5. The fourth-order valence-electron chi connectivity index (χ4n) is 2.05. The number of rotatable bonds is 4. The van der Waals surface area contributed by atoms with E-state index in [1.54, 1.807) is 0 Å². The number of aromatic nitrogens is 2. The standard InChI is InChI=1S/C15H19N3OS/c1-9-5-4-6-12(7-9)14(11(3)16)20-15-17-10(2)8-13(19)18-15/h4-8,11,14H,16H2,1-3H3,(H,17,18,19). The Balaban J connectivity index is 2.32. The van der Waals surface area contributed by atoms with Gasteiger partial charge in [0.05, 0.1) is 5.25 Å². The number of aromatic amines is 1. The van der Waals surface area contributed by atoms with Gasteiger partial charge in [-0.2, -0.15) is 0 Å². The van der Waals surface area contributed by atoms with Crippen LogP contribution in [0.15, 0.2) is 40.3 Å². The molecule has 0 bridgehead atoms. The summed E-state index contributed by atoms with van der Waals surface area (Å²) >= 11 is 1.50. The van der Waals surface area contributed by atoms with E-state index in [1.165, 1.54) is 23.4 Å². The second-order valence-electron chi connectivity index (χ2n) is 5.00. The number of nitrogens with two attached hydrogens (primary N) is 1. The highest BCUT2D eigenvalue weighted by molar-refractivity contribution is 7.99. The molecule has 0 aliphatic heterocycles. The van der Waals surface area contributed by atoms with Gasteiger partial charge in [-0.15, -0.1) is 0 Å². The minimum atomic E-state index is -0.132. The fourth-order valence-corrected chi connectivity index (χ4v) is 3.15. The van der Waals surface area contributed by atoms with E-state index < -0.39 is 0 Å². The van der Waals surface area contributed by atoms with Gasteiger partial charge in [-0.25, -0.2) is 4.98 Å². The highest BCUT2D eigenvalue weighted by Gasteiger charge is 2.19. The number of nitrogens with zero attached hydrogens (tertiary/aromatic N) is 1. The summed E-state index contributed by atoms with van der Waals surface area (Å²) in [6.45, 7) is 5.83. The average molecular weight is 289 g/mol. The van der Waals surface area contributed by atoms with Crippen LogP contribution in [0.3, 0.4) is 0 Å². The van der Waals surface area contributed by atoms with Crippen LogP contribution in [0.25, 0.3) is 0 Å². The van der Waals surface area contributed by atoms with Crippen LogP contribution in [-0.2, 0) is 0 Å². The summed E-state index contributed by atoms with van der Waals surface area (Å²) in [4.78, 5) is 18.6. The number of aryl methyl sites for hydroxylation is 2. The molecule has 106 valence electrons. The first kappa shape index (κ1) is 14.8. The minimum absolute atomic E-state index is 0.0485. The van der Waals surface area contributed by atoms with E-state index in [9.17, 15) is 4.79 Å². The lowest BCUT2D eigenvalue weighted by Crippen LogP contribution is -2.23. The number of thioether (sulfide) groups is 1. The molecule has 5 heteroatoms. The second kappa shape index (κ2) is 6.24. The summed E-state index contributed by atoms with van der Waals surface area (Å²) in [7, 11) is 0. The van der Waals surface area contributed by atoms with Crippen LogP contribution in [0, 0.1) is 13.8 Å². The van der Waals surface area contributed by atoms with Crippen molar-refractivity contribution in [2.75, 3.05) is 0 Å². The van der Waals surface area contributed by atoms with Crippen LogP contribution in [0.5, 0.6) is 0 Å². The molecule has 0 radical (unpaired) electrons.